The summed E-state index contributed by atoms with van der Waals surface area (Å²) in [4.78, 5) is 23.5. The third kappa shape index (κ3) is 3.58. The number of piperidine rings is 1. The largest absolute Gasteiger partial charge is 0.464 e. The number of carbonyl (C=O) groups is 2. The van der Waals surface area contributed by atoms with Crippen molar-refractivity contribution in [3.8, 4) is 0 Å². The second-order valence-corrected chi connectivity index (χ2v) is 7.51. The third-order valence-electron chi connectivity index (χ3n) is 4.10. The predicted octanol–water partition coefficient (Wildman–Crippen LogP) is 0.878. The molecule has 2 heterocycles. The van der Waals surface area contributed by atoms with Gasteiger partial charge in [0.2, 0.25) is 21.8 Å². The molecule has 2 N–H and O–H groups in total. The molecule has 2 aromatic rings. The van der Waals surface area contributed by atoms with E-state index in [1.165, 1.54) is 25.5 Å². The van der Waals surface area contributed by atoms with E-state index in [1.807, 2.05) is 0 Å². The van der Waals surface area contributed by atoms with Crippen molar-refractivity contribution in [3.63, 3.8) is 0 Å². The number of imide groups is 1. The zero-order valence-electron chi connectivity index (χ0n) is 13.6. The van der Waals surface area contributed by atoms with Gasteiger partial charge in [-0.05, 0) is 24.6 Å². The first-order valence-electron chi connectivity index (χ1n) is 7.76. The summed E-state index contributed by atoms with van der Waals surface area (Å²) < 4.78 is 37.4. The molecule has 1 aromatic heterocycles. The van der Waals surface area contributed by atoms with Gasteiger partial charge in [-0.2, -0.15) is 0 Å². The van der Waals surface area contributed by atoms with Gasteiger partial charge < -0.3 is 9.15 Å². The topological polar surface area (TPSA) is 115 Å². The average molecular weight is 366 g/mol. The van der Waals surface area contributed by atoms with Crippen LogP contribution in [0, 0.1) is 0 Å². The van der Waals surface area contributed by atoms with Gasteiger partial charge in [-0.1, -0.05) is 0 Å². The highest BCUT2D eigenvalue weighted by Gasteiger charge is 2.30. The molecule has 25 heavy (non-hydrogen) atoms. The maximum absolute atomic E-state index is 12.3. The van der Waals surface area contributed by atoms with E-state index in [1.54, 1.807) is 6.07 Å². The van der Waals surface area contributed by atoms with Crippen molar-refractivity contribution in [1.29, 1.82) is 0 Å². The molecule has 0 spiro atoms. The van der Waals surface area contributed by atoms with Crippen molar-refractivity contribution in [2.24, 2.45) is 0 Å². The SMILES string of the molecule is COCCNS(=O)(=O)c1ccc2occ(C3CCC(=O)NC3=O)c2c1. The Kier molecular flexibility index (Phi) is 4.89. The number of furan rings is 1. The zero-order valence-corrected chi connectivity index (χ0v) is 14.4. The van der Waals surface area contributed by atoms with Crippen LogP contribution < -0.4 is 10.0 Å². The molecule has 0 saturated carbocycles. The third-order valence-corrected chi connectivity index (χ3v) is 5.56. The normalized spacial score (nSPS) is 18.5. The fraction of sp³-hybridized carbons (Fsp3) is 0.375. The van der Waals surface area contributed by atoms with Gasteiger partial charge in [-0.3, -0.25) is 14.9 Å². The van der Waals surface area contributed by atoms with E-state index >= 15 is 0 Å². The van der Waals surface area contributed by atoms with E-state index in [-0.39, 0.29) is 30.4 Å². The van der Waals surface area contributed by atoms with Gasteiger partial charge in [0, 0.05) is 31.0 Å². The zero-order chi connectivity index (χ0) is 18.0. The molecular weight excluding hydrogens is 348 g/mol. The van der Waals surface area contributed by atoms with Gasteiger partial charge >= 0.3 is 0 Å². The summed E-state index contributed by atoms with van der Waals surface area (Å²) in [7, 11) is -2.21. The summed E-state index contributed by atoms with van der Waals surface area (Å²) in [6.45, 7) is 0.414. The minimum Gasteiger partial charge on any atom is -0.464 e. The Balaban J connectivity index is 1.95. The molecule has 1 fully saturated rings. The number of nitrogens with one attached hydrogen (secondary N) is 2. The molecule has 1 aliphatic heterocycles. The summed E-state index contributed by atoms with van der Waals surface area (Å²) in [5.41, 5.74) is 1.06. The molecule has 1 saturated heterocycles. The predicted molar refractivity (Wildman–Crippen MR) is 88.4 cm³/mol. The van der Waals surface area contributed by atoms with Crippen molar-refractivity contribution in [2.45, 2.75) is 23.7 Å². The Labute approximate surface area is 144 Å². The summed E-state index contributed by atoms with van der Waals surface area (Å²) in [6.07, 6.45) is 2.04. The number of hydrogen-bond donors (Lipinski definition) is 2. The second kappa shape index (κ2) is 6.95. The van der Waals surface area contributed by atoms with Crippen LogP contribution in [0.5, 0.6) is 0 Å². The Morgan fingerprint density at radius 1 is 1.36 bits per heavy atom. The van der Waals surface area contributed by atoms with Crippen LogP contribution in [0.15, 0.2) is 33.8 Å². The molecule has 0 aliphatic carbocycles. The lowest BCUT2D eigenvalue weighted by molar-refractivity contribution is -0.134. The van der Waals surface area contributed by atoms with Crippen LogP contribution in [0.3, 0.4) is 0 Å². The summed E-state index contributed by atoms with van der Waals surface area (Å²) in [5.74, 6) is -1.25. The van der Waals surface area contributed by atoms with E-state index in [0.717, 1.165) is 0 Å². The number of hydrogen-bond acceptors (Lipinski definition) is 6. The van der Waals surface area contributed by atoms with Crippen LogP contribution in [0.2, 0.25) is 0 Å². The molecule has 8 nitrogen and oxygen atoms in total. The lowest BCUT2D eigenvalue weighted by Crippen LogP contribution is -2.39. The maximum Gasteiger partial charge on any atom is 0.240 e. The Morgan fingerprint density at radius 2 is 2.16 bits per heavy atom. The summed E-state index contributed by atoms with van der Waals surface area (Å²) >= 11 is 0. The lowest BCUT2D eigenvalue weighted by atomic mass is 9.90. The minimum absolute atomic E-state index is 0.0750. The van der Waals surface area contributed by atoms with Gasteiger partial charge in [0.05, 0.1) is 23.7 Å². The molecule has 0 bridgehead atoms. The highest BCUT2D eigenvalue weighted by Crippen LogP contribution is 2.33. The number of rotatable bonds is 6. The van der Waals surface area contributed by atoms with E-state index < -0.39 is 21.8 Å². The van der Waals surface area contributed by atoms with Crippen LogP contribution in [-0.4, -0.2) is 40.5 Å². The molecule has 9 heteroatoms. The van der Waals surface area contributed by atoms with Gasteiger partial charge in [0.25, 0.3) is 0 Å². The van der Waals surface area contributed by atoms with Crippen molar-refractivity contribution in [3.05, 3.63) is 30.0 Å². The molecule has 3 rings (SSSR count). The van der Waals surface area contributed by atoms with Gasteiger partial charge in [-0.15, -0.1) is 0 Å². The van der Waals surface area contributed by atoms with Gasteiger partial charge in [0.15, 0.2) is 0 Å². The number of ether oxygens (including phenoxy) is 1. The van der Waals surface area contributed by atoms with Crippen LogP contribution in [0.1, 0.15) is 24.3 Å². The van der Waals surface area contributed by atoms with E-state index in [0.29, 0.717) is 23.0 Å². The fourth-order valence-corrected chi connectivity index (χ4v) is 3.86. The Hall–Kier alpha value is -2.23. The Bertz CT molecular complexity index is 918. The minimum atomic E-state index is -3.70. The number of sulfonamides is 1. The number of benzene rings is 1. The number of methoxy groups -OCH3 is 1. The molecule has 1 unspecified atom stereocenters. The standard InChI is InChI=1S/C16H18N2O6S/c1-23-7-6-17-25(21,22)10-2-4-14-12(8-10)13(9-24-14)11-3-5-15(19)18-16(11)20/h2,4,8-9,11,17H,3,5-7H2,1H3,(H,18,19,20). The van der Waals surface area contributed by atoms with Crippen LogP contribution >= 0.6 is 0 Å². The first kappa shape index (κ1) is 17.6. The van der Waals surface area contributed by atoms with Gasteiger partial charge in [-0.25, -0.2) is 13.1 Å². The first-order chi connectivity index (χ1) is 11.9. The lowest BCUT2D eigenvalue weighted by Gasteiger charge is -2.19. The fourth-order valence-electron chi connectivity index (χ4n) is 2.82. The second-order valence-electron chi connectivity index (χ2n) is 5.74. The molecular formula is C16H18N2O6S. The monoisotopic (exact) mass is 366 g/mol. The number of fused-ring (bicyclic) bond motifs is 1. The van der Waals surface area contributed by atoms with Crippen LogP contribution in [0.25, 0.3) is 11.0 Å². The first-order valence-corrected chi connectivity index (χ1v) is 9.24. The number of amides is 2. The summed E-state index contributed by atoms with van der Waals surface area (Å²) in [6, 6.07) is 4.47. The van der Waals surface area contributed by atoms with E-state index in [2.05, 4.69) is 10.0 Å². The quantitative estimate of drug-likeness (QED) is 0.579. The molecule has 1 aromatic carbocycles. The molecule has 134 valence electrons. The molecule has 0 radical (unpaired) electrons. The molecule has 2 amide bonds. The van der Waals surface area contributed by atoms with Crippen LogP contribution in [-0.2, 0) is 24.3 Å². The van der Waals surface area contributed by atoms with E-state index in [4.69, 9.17) is 9.15 Å². The average Bonchev–Trinajstić information content (AvgIpc) is 2.98. The van der Waals surface area contributed by atoms with Gasteiger partial charge in [0.1, 0.15) is 5.58 Å². The maximum atomic E-state index is 12.3. The highest BCUT2D eigenvalue weighted by atomic mass is 32.2. The van der Waals surface area contributed by atoms with Crippen molar-refractivity contribution in [2.75, 3.05) is 20.3 Å². The smallest absolute Gasteiger partial charge is 0.240 e. The summed E-state index contributed by atoms with van der Waals surface area (Å²) in [5, 5.41) is 2.84. The van der Waals surface area contributed by atoms with Crippen molar-refractivity contribution in [1.82, 2.24) is 10.0 Å². The van der Waals surface area contributed by atoms with E-state index in [9.17, 15) is 18.0 Å². The molecule has 1 atom stereocenters. The molecule has 1 aliphatic rings. The van der Waals surface area contributed by atoms with Crippen LogP contribution in [0.4, 0.5) is 0 Å². The van der Waals surface area contributed by atoms with Crippen molar-refractivity contribution < 1.29 is 27.2 Å². The van der Waals surface area contributed by atoms with Crippen molar-refractivity contribution >= 4 is 32.8 Å². The highest BCUT2D eigenvalue weighted by molar-refractivity contribution is 7.89. The number of carbonyl (C=O) groups excluding carboxylic acids is 2. The Morgan fingerprint density at radius 3 is 2.88 bits per heavy atom.